The minimum Gasteiger partial charge on any atom is -0.478 e. The first-order valence-corrected chi connectivity index (χ1v) is 7.62. The standard InChI is InChI=1S/C12H16N2O5S/c1-12(5-2-6-19-8-12)14-20(17,18)10-4-3-9(7-13-10)11(15)16/h3-4,7,14H,2,5-6,8H2,1H3,(H,15,16). The number of carboxylic acids is 1. The maximum Gasteiger partial charge on any atom is 0.337 e. The Kier molecular flexibility index (Phi) is 4.07. The molecule has 2 rings (SSSR count). The van der Waals surface area contributed by atoms with Crippen LogP contribution in [0.2, 0.25) is 0 Å². The van der Waals surface area contributed by atoms with Gasteiger partial charge in [-0.1, -0.05) is 0 Å². The number of carboxylic acid groups (broad SMARTS) is 1. The van der Waals surface area contributed by atoms with E-state index in [4.69, 9.17) is 9.84 Å². The molecule has 2 heterocycles. The predicted octanol–water partition coefficient (Wildman–Crippen LogP) is 0.627. The molecule has 1 saturated heterocycles. The van der Waals surface area contributed by atoms with Gasteiger partial charge in [0.2, 0.25) is 0 Å². The quantitative estimate of drug-likeness (QED) is 0.844. The average Bonchev–Trinajstić information content (AvgIpc) is 2.38. The first kappa shape index (κ1) is 14.9. The van der Waals surface area contributed by atoms with E-state index in [1.807, 2.05) is 0 Å². The number of hydrogen-bond donors (Lipinski definition) is 2. The molecule has 1 atom stereocenters. The van der Waals surface area contributed by atoms with Gasteiger partial charge in [0.25, 0.3) is 10.0 Å². The lowest BCUT2D eigenvalue weighted by atomic mass is 9.97. The molecule has 0 radical (unpaired) electrons. The van der Waals surface area contributed by atoms with E-state index in [9.17, 15) is 13.2 Å². The molecule has 1 aliphatic rings. The summed E-state index contributed by atoms with van der Waals surface area (Å²) in [5.41, 5.74) is -0.722. The molecule has 0 aliphatic carbocycles. The molecule has 1 fully saturated rings. The van der Waals surface area contributed by atoms with Crippen molar-refractivity contribution in [2.75, 3.05) is 13.2 Å². The Morgan fingerprint density at radius 2 is 2.25 bits per heavy atom. The molecule has 0 aromatic carbocycles. The number of nitrogens with zero attached hydrogens (tertiary/aromatic N) is 1. The van der Waals surface area contributed by atoms with Gasteiger partial charge in [-0.05, 0) is 31.9 Å². The van der Waals surface area contributed by atoms with Crippen LogP contribution in [0.1, 0.15) is 30.1 Å². The van der Waals surface area contributed by atoms with Gasteiger partial charge < -0.3 is 9.84 Å². The van der Waals surface area contributed by atoms with Crippen LogP contribution in [0.25, 0.3) is 0 Å². The van der Waals surface area contributed by atoms with Crippen molar-refractivity contribution in [2.45, 2.75) is 30.3 Å². The molecule has 0 amide bonds. The lowest BCUT2D eigenvalue weighted by Gasteiger charge is -2.33. The maximum absolute atomic E-state index is 12.2. The summed E-state index contributed by atoms with van der Waals surface area (Å²) >= 11 is 0. The second kappa shape index (κ2) is 5.47. The first-order valence-electron chi connectivity index (χ1n) is 6.13. The third kappa shape index (κ3) is 3.33. The summed E-state index contributed by atoms with van der Waals surface area (Å²) in [4.78, 5) is 14.4. The smallest absolute Gasteiger partial charge is 0.337 e. The van der Waals surface area contributed by atoms with Crippen molar-refractivity contribution in [3.8, 4) is 0 Å². The summed E-state index contributed by atoms with van der Waals surface area (Å²) in [6.45, 7) is 2.71. The Hall–Kier alpha value is -1.51. The van der Waals surface area contributed by atoms with E-state index in [1.165, 1.54) is 12.1 Å². The van der Waals surface area contributed by atoms with Gasteiger partial charge in [0.1, 0.15) is 0 Å². The molecule has 110 valence electrons. The lowest BCUT2D eigenvalue weighted by Crippen LogP contribution is -2.51. The number of pyridine rings is 1. The second-order valence-electron chi connectivity index (χ2n) is 5.01. The first-order chi connectivity index (χ1) is 9.32. The summed E-state index contributed by atoms with van der Waals surface area (Å²) in [5.74, 6) is -1.15. The zero-order chi connectivity index (χ0) is 14.8. The van der Waals surface area contributed by atoms with Crippen molar-refractivity contribution in [2.24, 2.45) is 0 Å². The van der Waals surface area contributed by atoms with Crippen molar-refractivity contribution in [1.29, 1.82) is 0 Å². The zero-order valence-corrected chi connectivity index (χ0v) is 11.8. The van der Waals surface area contributed by atoms with Crippen LogP contribution in [0.3, 0.4) is 0 Å². The Bertz CT molecular complexity index is 591. The van der Waals surface area contributed by atoms with Gasteiger partial charge in [0.05, 0.1) is 17.7 Å². The van der Waals surface area contributed by atoms with E-state index in [0.29, 0.717) is 19.6 Å². The number of rotatable bonds is 4. The maximum atomic E-state index is 12.2. The summed E-state index contributed by atoms with van der Waals surface area (Å²) in [6, 6.07) is 2.39. The molecular weight excluding hydrogens is 284 g/mol. The van der Waals surface area contributed by atoms with E-state index >= 15 is 0 Å². The molecule has 8 heteroatoms. The number of sulfonamides is 1. The van der Waals surface area contributed by atoms with Gasteiger partial charge in [0, 0.05) is 12.8 Å². The molecule has 2 N–H and O–H groups in total. The molecule has 0 spiro atoms. The molecular formula is C12H16N2O5S. The van der Waals surface area contributed by atoms with E-state index in [2.05, 4.69) is 9.71 Å². The van der Waals surface area contributed by atoms with E-state index in [0.717, 1.165) is 12.6 Å². The van der Waals surface area contributed by atoms with Crippen molar-refractivity contribution in [3.63, 3.8) is 0 Å². The van der Waals surface area contributed by atoms with Crippen LogP contribution in [-0.2, 0) is 14.8 Å². The van der Waals surface area contributed by atoms with Crippen LogP contribution in [0.5, 0.6) is 0 Å². The van der Waals surface area contributed by atoms with Crippen molar-refractivity contribution in [3.05, 3.63) is 23.9 Å². The summed E-state index contributed by atoms with van der Waals surface area (Å²) in [5, 5.41) is 8.56. The summed E-state index contributed by atoms with van der Waals surface area (Å²) < 4.78 is 32.3. The number of nitrogens with one attached hydrogen (secondary N) is 1. The Morgan fingerprint density at radius 3 is 2.75 bits per heavy atom. The van der Waals surface area contributed by atoms with Gasteiger partial charge in [-0.15, -0.1) is 0 Å². The highest BCUT2D eigenvalue weighted by Crippen LogP contribution is 2.21. The Morgan fingerprint density at radius 1 is 1.50 bits per heavy atom. The molecule has 20 heavy (non-hydrogen) atoms. The van der Waals surface area contributed by atoms with Gasteiger partial charge in [0.15, 0.2) is 5.03 Å². The normalized spacial score (nSPS) is 23.4. The van der Waals surface area contributed by atoms with Gasteiger partial charge >= 0.3 is 5.97 Å². The van der Waals surface area contributed by atoms with E-state index in [1.54, 1.807) is 6.92 Å². The Balaban J connectivity index is 2.19. The third-order valence-corrected chi connectivity index (χ3v) is 4.63. The monoisotopic (exact) mass is 300 g/mol. The van der Waals surface area contributed by atoms with Crippen LogP contribution in [0, 0.1) is 0 Å². The highest BCUT2D eigenvalue weighted by Gasteiger charge is 2.33. The largest absolute Gasteiger partial charge is 0.478 e. The topological polar surface area (TPSA) is 106 Å². The summed E-state index contributed by atoms with van der Waals surface area (Å²) in [6.07, 6.45) is 2.49. The third-order valence-electron chi connectivity index (χ3n) is 3.08. The number of hydrogen-bond acceptors (Lipinski definition) is 5. The number of carbonyl (C=O) groups is 1. The molecule has 0 saturated carbocycles. The molecule has 1 unspecified atom stereocenters. The highest BCUT2D eigenvalue weighted by molar-refractivity contribution is 7.89. The van der Waals surface area contributed by atoms with E-state index in [-0.39, 0.29) is 10.6 Å². The van der Waals surface area contributed by atoms with Crippen LogP contribution in [-0.4, -0.2) is 43.2 Å². The molecule has 1 aromatic rings. The fourth-order valence-electron chi connectivity index (χ4n) is 2.06. The van der Waals surface area contributed by atoms with Crippen molar-refractivity contribution >= 4 is 16.0 Å². The molecule has 1 aromatic heterocycles. The minimum atomic E-state index is -3.79. The average molecular weight is 300 g/mol. The van der Waals surface area contributed by atoms with Gasteiger partial charge in [-0.3, -0.25) is 0 Å². The van der Waals surface area contributed by atoms with Gasteiger partial charge in [-0.2, -0.15) is 0 Å². The molecule has 1 aliphatic heterocycles. The highest BCUT2D eigenvalue weighted by atomic mass is 32.2. The van der Waals surface area contributed by atoms with Crippen LogP contribution >= 0.6 is 0 Å². The molecule has 7 nitrogen and oxygen atoms in total. The fraction of sp³-hybridized carbons (Fsp3) is 0.500. The zero-order valence-electron chi connectivity index (χ0n) is 11.0. The number of aromatic nitrogens is 1. The number of aromatic carboxylic acids is 1. The lowest BCUT2D eigenvalue weighted by molar-refractivity contribution is 0.0386. The fourth-order valence-corrected chi connectivity index (χ4v) is 3.41. The molecule has 0 bridgehead atoms. The SMILES string of the molecule is CC1(NS(=O)(=O)c2ccc(C(=O)O)cn2)CCCOC1. The van der Waals surface area contributed by atoms with Crippen LogP contribution in [0.15, 0.2) is 23.4 Å². The second-order valence-corrected chi connectivity index (χ2v) is 6.64. The summed E-state index contributed by atoms with van der Waals surface area (Å²) in [7, 11) is -3.79. The predicted molar refractivity (Wildman–Crippen MR) is 70.0 cm³/mol. The van der Waals surface area contributed by atoms with Crippen LogP contribution < -0.4 is 4.72 Å². The van der Waals surface area contributed by atoms with Crippen molar-refractivity contribution in [1.82, 2.24) is 9.71 Å². The van der Waals surface area contributed by atoms with Gasteiger partial charge in [-0.25, -0.2) is 22.9 Å². The number of ether oxygens (including phenoxy) is 1. The van der Waals surface area contributed by atoms with Crippen LogP contribution in [0.4, 0.5) is 0 Å². The Labute approximate surface area is 117 Å². The van der Waals surface area contributed by atoms with E-state index < -0.39 is 21.5 Å². The van der Waals surface area contributed by atoms with Crippen molar-refractivity contribution < 1.29 is 23.1 Å². The minimum absolute atomic E-state index is 0.0591.